The second-order valence-electron chi connectivity index (χ2n) is 23.3. The average Bonchev–Trinajstić information content (AvgIpc) is 3.60. The number of fused-ring (bicyclic) bond motifs is 5. The van der Waals surface area contributed by atoms with Crippen molar-refractivity contribution in [3.8, 4) is 0 Å². The van der Waals surface area contributed by atoms with E-state index in [0.717, 1.165) is 54.8 Å². The maximum Gasteiger partial charge on any atom is 0.306 e. The van der Waals surface area contributed by atoms with Crippen molar-refractivity contribution in [2.24, 2.45) is 46.3 Å². The largest absolute Gasteiger partial charge is 0.462 e. The predicted octanol–water partition coefficient (Wildman–Crippen LogP) is 19.7. The lowest BCUT2D eigenvalue weighted by atomic mass is 9.47. The second-order valence-corrected chi connectivity index (χ2v) is 23.3. The van der Waals surface area contributed by atoms with Crippen molar-refractivity contribution in [2.75, 3.05) is 0 Å². The Bertz CT molecular complexity index is 1150. The molecule has 4 rings (SSSR count). The summed E-state index contributed by atoms with van der Waals surface area (Å²) >= 11 is 0. The topological polar surface area (TPSA) is 26.3 Å². The zero-order valence-corrected chi connectivity index (χ0v) is 42.4. The van der Waals surface area contributed by atoms with Crippen LogP contribution < -0.4 is 0 Å². The van der Waals surface area contributed by atoms with Gasteiger partial charge in [0.25, 0.3) is 0 Å². The third-order valence-electron chi connectivity index (χ3n) is 18.0. The molecule has 8 atom stereocenters. The molecule has 2 nitrogen and oxygen atoms in total. The first-order valence-corrected chi connectivity index (χ1v) is 28.6. The number of carbonyl (C=O) groups is 1. The first-order valence-electron chi connectivity index (χ1n) is 28.6. The third kappa shape index (κ3) is 18.6. The van der Waals surface area contributed by atoms with Crippen molar-refractivity contribution in [3.05, 3.63) is 11.6 Å². The molecule has 8 unspecified atom stereocenters. The molecule has 0 aromatic carbocycles. The van der Waals surface area contributed by atoms with Crippen LogP contribution in [0.2, 0.25) is 0 Å². The monoisotopic (exact) mass is 849 g/mol. The van der Waals surface area contributed by atoms with E-state index in [4.69, 9.17) is 4.74 Å². The summed E-state index contributed by atoms with van der Waals surface area (Å²) in [5.74, 6) is 5.34. The summed E-state index contributed by atoms with van der Waals surface area (Å²) in [7, 11) is 0. The summed E-state index contributed by atoms with van der Waals surface area (Å²) in [5, 5.41) is 0. The van der Waals surface area contributed by atoms with Crippen LogP contribution in [0.25, 0.3) is 0 Å². The van der Waals surface area contributed by atoms with Crippen LogP contribution in [-0.4, -0.2) is 12.1 Å². The van der Waals surface area contributed by atoms with Gasteiger partial charge in [0.15, 0.2) is 0 Å². The first kappa shape index (κ1) is 52.8. The van der Waals surface area contributed by atoms with E-state index in [9.17, 15) is 4.79 Å². The van der Waals surface area contributed by atoms with Crippen molar-refractivity contribution >= 4 is 5.97 Å². The minimum Gasteiger partial charge on any atom is -0.462 e. The van der Waals surface area contributed by atoms with Crippen LogP contribution in [0.1, 0.15) is 305 Å². The van der Waals surface area contributed by atoms with Gasteiger partial charge in [-0.25, -0.2) is 0 Å². The quantitative estimate of drug-likeness (QED) is 0.0357. The molecular formula is C59H108O2. The van der Waals surface area contributed by atoms with Gasteiger partial charge in [-0.15, -0.1) is 0 Å². The van der Waals surface area contributed by atoms with Crippen molar-refractivity contribution < 1.29 is 9.53 Å². The van der Waals surface area contributed by atoms with E-state index in [1.165, 1.54) is 238 Å². The molecule has 0 amide bonds. The minimum absolute atomic E-state index is 0.0702. The van der Waals surface area contributed by atoms with Gasteiger partial charge in [-0.1, -0.05) is 252 Å². The molecule has 2 heteroatoms. The summed E-state index contributed by atoms with van der Waals surface area (Å²) in [5.41, 5.74) is 2.54. The van der Waals surface area contributed by atoms with Gasteiger partial charge in [0.2, 0.25) is 0 Å². The molecule has 0 bridgehead atoms. The Morgan fingerprint density at radius 2 is 1.05 bits per heavy atom. The number of hydrogen-bond donors (Lipinski definition) is 0. The molecule has 0 heterocycles. The summed E-state index contributed by atoms with van der Waals surface area (Å²) in [6, 6.07) is 0. The Hall–Kier alpha value is -0.790. The molecule has 3 fully saturated rings. The smallest absolute Gasteiger partial charge is 0.306 e. The molecule has 4 aliphatic carbocycles. The highest BCUT2D eigenvalue weighted by Gasteiger charge is 2.59. The lowest BCUT2D eigenvalue weighted by Gasteiger charge is -2.58. The fourth-order valence-corrected chi connectivity index (χ4v) is 14.1. The van der Waals surface area contributed by atoms with E-state index in [1.54, 1.807) is 5.57 Å². The number of allylic oxidation sites excluding steroid dienone is 1. The molecule has 0 aromatic heterocycles. The molecule has 3 saturated carbocycles. The van der Waals surface area contributed by atoms with Crippen molar-refractivity contribution in [3.63, 3.8) is 0 Å². The molecule has 0 spiro atoms. The summed E-state index contributed by atoms with van der Waals surface area (Å²) in [6.07, 6.45) is 59.2. The normalized spacial score (nSPS) is 27.7. The van der Waals surface area contributed by atoms with Crippen LogP contribution in [0.15, 0.2) is 11.6 Å². The highest BCUT2D eigenvalue weighted by molar-refractivity contribution is 5.69. The zero-order valence-electron chi connectivity index (χ0n) is 42.4. The Balaban J connectivity index is 0.912. The number of ether oxygens (including phenoxy) is 1. The number of carbonyl (C=O) groups excluding carboxylic acids is 1. The molecule has 0 saturated heterocycles. The molecule has 0 aromatic rings. The van der Waals surface area contributed by atoms with Gasteiger partial charge >= 0.3 is 5.97 Å². The van der Waals surface area contributed by atoms with Crippen LogP contribution in [0, 0.1) is 46.3 Å². The van der Waals surface area contributed by atoms with Crippen LogP contribution in [-0.2, 0) is 9.53 Å². The van der Waals surface area contributed by atoms with Crippen molar-refractivity contribution in [1.82, 2.24) is 0 Å². The molecular weight excluding hydrogens is 741 g/mol. The summed E-state index contributed by atoms with van der Waals surface area (Å²) in [4.78, 5) is 12.9. The molecule has 356 valence electrons. The highest BCUT2D eigenvalue weighted by atomic mass is 16.5. The van der Waals surface area contributed by atoms with E-state index < -0.39 is 0 Å². The van der Waals surface area contributed by atoms with E-state index >= 15 is 0 Å². The van der Waals surface area contributed by atoms with Crippen LogP contribution in [0.4, 0.5) is 0 Å². The Morgan fingerprint density at radius 1 is 0.574 bits per heavy atom. The van der Waals surface area contributed by atoms with Crippen molar-refractivity contribution in [2.45, 2.75) is 311 Å². The number of hydrogen-bond acceptors (Lipinski definition) is 2. The van der Waals surface area contributed by atoms with Gasteiger partial charge < -0.3 is 4.74 Å². The highest BCUT2D eigenvalue weighted by Crippen LogP contribution is 2.67. The maximum absolute atomic E-state index is 12.9. The van der Waals surface area contributed by atoms with E-state index in [0.29, 0.717) is 17.3 Å². The lowest BCUT2D eigenvalue weighted by molar-refractivity contribution is -0.151. The molecule has 4 aliphatic rings. The van der Waals surface area contributed by atoms with E-state index in [-0.39, 0.29) is 12.1 Å². The standard InChI is InChI=1S/C59H108O2/c1-7-8-9-10-11-12-13-14-15-16-17-18-19-20-21-22-23-24-25-26-27-28-29-30-31-32-33-34-35-39-57(60)61-52-44-46-58(5)51(48-52)40-41-53-55-43-42-54(50(4)38-36-37-49(2)3)59(55,6)47-45-56(53)58/h40,49-50,52-56H,7-39,41-48H2,1-6H3. The van der Waals surface area contributed by atoms with E-state index in [2.05, 4.69) is 47.6 Å². The first-order chi connectivity index (χ1) is 29.7. The fraction of sp³-hybridized carbons (Fsp3) is 0.949. The van der Waals surface area contributed by atoms with Crippen LogP contribution in [0.3, 0.4) is 0 Å². The zero-order chi connectivity index (χ0) is 43.6. The molecule has 0 aliphatic heterocycles. The summed E-state index contributed by atoms with van der Waals surface area (Å²) < 4.78 is 6.18. The Kier molecular flexibility index (Phi) is 26.3. The van der Waals surface area contributed by atoms with Crippen LogP contribution >= 0.6 is 0 Å². The number of rotatable bonds is 36. The minimum atomic E-state index is 0.0702. The van der Waals surface area contributed by atoms with Gasteiger partial charge in [0, 0.05) is 12.8 Å². The molecule has 0 radical (unpaired) electrons. The Labute approximate surface area is 382 Å². The van der Waals surface area contributed by atoms with Gasteiger partial charge in [0.1, 0.15) is 6.10 Å². The maximum atomic E-state index is 12.9. The second kappa shape index (κ2) is 30.4. The van der Waals surface area contributed by atoms with Crippen LogP contribution in [0.5, 0.6) is 0 Å². The molecule has 61 heavy (non-hydrogen) atoms. The van der Waals surface area contributed by atoms with Crippen molar-refractivity contribution in [1.29, 1.82) is 0 Å². The van der Waals surface area contributed by atoms with Gasteiger partial charge in [-0.2, -0.15) is 0 Å². The summed E-state index contributed by atoms with van der Waals surface area (Å²) in [6.45, 7) is 15.0. The predicted molar refractivity (Wildman–Crippen MR) is 267 cm³/mol. The number of unbranched alkanes of at least 4 members (excludes halogenated alkanes) is 28. The third-order valence-corrected chi connectivity index (χ3v) is 18.0. The van der Waals surface area contributed by atoms with Gasteiger partial charge in [0.05, 0.1) is 0 Å². The fourth-order valence-electron chi connectivity index (χ4n) is 14.1. The Morgan fingerprint density at radius 3 is 1.52 bits per heavy atom. The van der Waals surface area contributed by atoms with Gasteiger partial charge in [-0.3, -0.25) is 4.79 Å². The SMILES string of the molecule is CCCCCCCCCCCCCCCCCCCCCCCCCCCCCCCC(=O)OC1CCC2(C)C(=CCC3C2CCC2(C)C(C(C)CCCC(C)C)CCC32)C1. The lowest BCUT2D eigenvalue weighted by Crippen LogP contribution is -2.51. The number of esters is 1. The average molecular weight is 850 g/mol. The van der Waals surface area contributed by atoms with E-state index in [1.807, 2.05) is 0 Å². The molecule has 0 N–H and O–H groups in total. The van der Waals surface area contributed by atoms with Gasteiger partial charge in [-0.05, 0) is 97.7 Å².